The number of hydrogen-bond donors (Lipinski definition) is 2. The van der Waals surface area contributed by atoms with Crippen LogP contribution in [0.1, 0.15) is 22.8 Å². The highest BCUT2D eigenvalue weighted by atomic mass is 16.4. The molecule has 0 unspecified atom stereocenters. The van der Waals surface area contributed by atoms with Crippen molar-refractivity contribution in [2.45, 2.75) is 13.3 Å². The second-order valence-electron chi connectivity index (χ2n) is 2.80. The van der Waals surface area contributed by atoms with Gasteiger partial charge in [0.15, 0.2) is 0 Å². The van der Waals surface area contributed by atoms with Crippen LogP contribution < -0.4 is 0 Å². The summed E-state index contributed by atoms with van der Waals surface area (Å²) in [6.07, 6.45) is 0.548. The van der Waals surface area contributed by atoms with E-state index >= 15 is 0 Å². The number of hydrogen-bond acceptors (Lipinski definition) is 3. The van der Waals surface area contributed by atoms with Crippen molar-refractivity contribution in [1.29, 1.82) is 0 Å². The molecule has 0 amide bonds. The lowest BCUT2D eigenvalue weighted by molar-refractivity contribution is -0.131. The third kappa shape index (κ3) is 1.74. The van der Waals surface area contributed by atoms with Crippen LogP contribution in [0.2, 0.25) is 0 Å². The molecule has 0 radical (unpaired) electrons. The first-order chi connectivity index (χ1) is 6.57. The normalized spacial score (nSPS) is 9.79. The zero-order valence-electron chi connectivity index (χ0n) is 7.65. The van der Waals surface area contributed by atoms with Gasteiger partial charge in [-0.05, 0) is 18.1 Å². The standard InChI is InChI=1S/C10H10O4/c1-2-6-4-3-5-7(8(6)11)9(12)10(13)14/h3-5,11H,2H2,1H3,(H,13,14). The van der Waals surface area contributed by atoms with Crippen LogP contribution in [-0.4, -0.2) is 22.0 Å². The van der Waals surface area contributed by atoms with Crippen LogP contribution in [0.3, 0.4) is 0 Å². The van der Waals surface area contributed by atoms with Crippen molar-refractivity contribution in [1.82, 2.24) is 0 Å². The average Bonchev–Trinajstić information content (AvgIpc) is 2.17. The molecule has 0 atom stereocenters. The highest BCUT2D eigenvalue weighted by molar-refractivity contribution is 6.40. The summed E-state index contributed by atoms with van der Waals surface area (Å²) in [4.78, 5) is 21.5. The number of phenolic OH excluding ortho intramolecular Hbond substituents is 1. The molecule has 4 nitrogen and oxygen atoms in total. The Hall–Kier alpha value is -1.84. The minimum absolute atomic E-state index is 0.156. The van der Waals surface area contributed by atoms with Crippen molar-refractivity contribution in [3.05, 3.63) is 29.3 Å². The van der Waals surface area contributed by atoms with Crippen LogP contribution in [-0.2, 0) is 11.2 Å². The molecule has 0 fully saturated rings. The minimum Gasteiger partial charge on any atom is -0.507 e. The number of para-hydroxylation sites is 1. The summed E-state index contributed by atoms with van der Waals surface area (Å²) in [6.45, 7) is 1.81. The Balaban J connectivity index is 3.22. The maximum Gasteiger partial charge on any atom is 0.377 e. The van der Waals surface area contributed by atoms with E-state index in [0.29, 0.717) is 12.0 Å². The molecular weight excluding hydrogens is 184 g/mol. The topological polar surface area (TPSA) is 74.6 Å². The Labute approximate surface area is 80.8 Å². The lowest BCUT2D eigenvalue weighted by Gasteiger charge is -2.04. The number of aryl methyl sites for hydroxylation is 1. The van der Waals surface area contributed by atoms with Crippen LogP contribution in [0, 0.1) is 0 Å². The molecule has 0 aliphatic rings. The summed E-state index contributed by atoms with van der Waals surface area (Å²) >= 11 is 0. The summed E-state index contributed by atoms with van der Waals surface area (Å²) < 4.78 is 0. The third-order valence-electron chi connectivity index (χ3n) is 1.94. The number of carboxylic acid groups (broad SMARTS) is 1. The second kappa shape index (κ2) is 3.91. The molecule has 14 heavy (non-hydrogen) atoms. The van der Waals surface area contributed by atoms with Gasteiger partial charge in [0.2, 0.25) is 0 Å². The predicted octanol–water partition coefficient (Wildman–Crippen LogP) is 1.22. The van der Waals surface area contributed by atoms with Gasteiger partial charge in [0, 0.05) is 0 Å². The predicted molar refractivity (Wildman–Crippen MR) is 49.5 cm³/mol. The monoisotopic (exact) mass is 194 g/mol. The molecule has 0 aromatic heterocycles. The van der Waals surface area contributed by atoms with E-state index in [1.807, 2.05) is 6.92 Å². The molecule has 0 aliphatic heterocycles. The van der Waals surface area contributed by atoms with Gasteiger partial charge in [-0.15, -0.1) is 0 Å². The highest BCUT2D eigenvalue weighted by Gasteiger charge is 2.19. The molecule has 0 saturated heterocycles. The van der Waals surface area contributed by atoms with E-state index in [1.54, 1.807) is 12.1 Å². The number of ketones is 1. The van der Waals surface area contributed by atoms with Gasteiger partial charge in [-0.2, -0.15) is 0 Å². The molecule has 1 rings (SSSR count). The summed E-state index contributed by atoms with van der Waals surface area (Å²) in [7, 11) is 0. The maximum atomic E-state index is 11.1. The molecule has 0 heterocycles. The van der Waals surface area contributed by atoms with E-state index < -0.39 is 11.8 Å². The van der Waals surface area contributed by atoms with Crippen molar-refractivity contribution < 1.29 is 19.8 Å². The number of aromatic hydroxyl groups is 1. The van der Waals surface area contributed by atoms with E-state index in [1.165, 1.54) is 6.07 Å². The Morgan fingerprint density at radius 3 is 2.50 bits per heavy atom. The number of carboxylic acids is 1. The van der Waals surface area contributed by atoms with Gasteiger partial charge in [-0.3, -0.25) is 4.79 Å². The van der Waals surface area contributed by atoms with E-state index in [2.05, 4.69) is 0 Å². The van der Waals surface area contributed by atoms with Gasteiger partial charge in [0.05, 0.1) is 5.56 Å². The van der Waals surface area contributed by atoms with Gasteiger partial charge in [0.25, 0.3) is 5.78 Å². The summed E-state index contributed by atoms with van der Waals surface area (Å²) in [5, 5.41) is 18.0. The van der Waals surface area contributed by atoms with Crippen LogP contribution in [0.15, 0.2) is 18.2 Å². The zero-order valence-corrected chi connectivity index (χ0v) is 7.65. The van der Waals surface area contributed by atoms with E-state index in [9.17, 15) is 14.7 Å². The van der Waals surface area contributed by atoms with Gasteiger partial charge in [-0.25, -0.2) is 4.79 Å². The van der Waals surface area contributed by atoms with Crippen LogP contribution in [0.5, 0.6) is 5.75 Å². The van der Waals surface area contributed by atoms with Gasteiger partial charge in [0.1, 0.15) is 5.75 Å². The third-order valence-corrected chi connectivity index (χ3v) is 1.94. The maximum absolute atomic E-state index is 11.1. The lowest BCUT2D eigenvalue weighted by atomic mass is 10.0. The van der Waals surface area contributed by atoms with Crippen LogP contribution in [0.4, 0.5) is 0 Å². The van der Waals surface area contributed by atoms with Crippen molar-refractivity contribution in [2.75, 3.05) is 0 Å². The molecule has 1 aromatic rings. The molecular formula is C10H10O4. The quantitative estimate of drug-likeness (QED) is 0.560. The largest absolute Gasteiger partial charge is 0.507 e. The number of phenols is 1. The van der Waals surface area contributed by atoms with Gasteiger partial charge < -0.3 is 10.2 Å². The molecule has 4 heteroatoms. The zero-order chi connectivity index (χ0) is 10.7. The van der Waals surface area contributed by atoms with Gasteiger partial charge >= 0.3 is 5.97 Å². The molecule has 0 aliphatic carbocycles. The van der Waals surface area contributed by atoms with Crippen molar-refractivity contribution in [3.63, 3.8) is 0 Å². The molecule has 1 aromatic carbocycles. The Morgan fingerprint density at radius 1 is 1.36 bits per heavy atom. The molecule has 0 spiro atoms. The lowest BCUT2D eigenvalue weighted by Crippen LogP contribution is -2.13. The van der Waals surface area contributed by atoms with E-state index in [0.717, 1.165) is 0 Å². The minimum atomic E-state index is -1.56. The average molecular weight is 194 g/mol. The number of Topliss-reactive ketones (excluding diaryl/α,β-unsaturated/α-hetero) is 1. The fourth-order valence-corrected chi connectivity index (χ4v) is 1.18. The molecule has 2 N–H and O–H groups in total. The number of rotatable bonds is 3. The molecule has 0 bridgehead atoms. The number of benzene rings is 1. The van der Waals surface area contributed by atoms with Gasteiger partial charge in [-0.1, -0.05) is 19.1 Å². The summed E-state index contributed by atoms with van der Waals surface area (Å²) in [6, 6.07) is 4.49. The highest BCUT2D eigenvalue weighted by Crippen LogP contribution is 2.23. The first kappa shape index (κ1) is 10.2. The van der Waals surface area contributed by atoms with Crippen LogP contribution in [0.25, 0.3) is 0 Å². The fourth-order valence-electron chi connectivity index (χ4n) is 1.18. The van der Waals surface area contributed by atoms with Crippen molar-refractivity contribution in [3.8, 4) is 5.75 Å². The van der Waals surface area contributed by atoms with E-state index in [4.69, 9.17) is 5.11 Å². The summed E-state index contributed by atoms with van der Waals surface area (Å²) in [5.74, 6) is -2.88. The Kier molecular flexibility index (Phi) is 2.86. The second-order valence-corrected chi connectivity index (χ2v) is 2.80. The van der Waals surface area contributed by atoms with Crippen LogP contribution >= 0.6 is 0 Å². The number of carbonyl (C=O) groups is 2. The van der Waals surface area contributed by atoms with Crippen molar-refractivity contribution in [2.24, 2.45) is 0 Å². The summed E-state index contributed by atoms with van der Waals surface area (Å²) in [5.41, 5.74) is 0.411. The first-order valence-corrected chi connectivity index (χ1v) is 4.16. The number of aliphatic carboxylic acids is 1. The molecule has 74 valence electrons. The molecule has 0 saturated carbocycles. The smallest absolute Gasteiger partial charge is 0.377 e. The number of carbonyl (C=O) groups excluding carboxylic acids is 1. The first-order valence-electron chi connectivity index (χ1n) is 4.16. The Bertz CT molecular complexity index is 382. The van der Waals surface area contributed by atoms with E-state index in [-0.39, 0.29) is 11.3 Å². The Morgan fingerprint density at radius 2 is 2.00 bits per heavy atom. The SMILES string of the molecule is CCc1cccc(C(=O)C(=O)O)c1O. The fraction of sp³-hybridized carbons (Fsp3) is 0.200. The van der Waals surface area contributed by atoms with Crippen molar-refractivity contribution >= 4 is 11.8 Å².